The van der Waals surface area contributed by atoms with E-state index in [9.17, 15) is 14.7 Å². The highest BCUT2D eigenvalue weighted by atomic mass is 35.5. The van der Waals surface area contributed by atoms with Gasteiger partial charge in [0.2, 0.25) is 0 Å². The highest BCUT2D eigenvalue weighted by Gasteiger charge is 2.48. The fraction of sp³-hybridized carbons (Fsp3) is 0.250. The number of aliphatic hydroxyl groups excluding tert-OH is 1. The quantitative estimate of drug-likeness (QED) is 0.175. The molecule has 35 heavy (non-hydrogen) atoms. The number of carbonyl (C=O) groups is 2. The number of benzene rings is 2. The van der Waals surface area contributed by atoms with Gasteiger partial charge >= 0.3 is 0 Å². The van der Waals surface area contributed by atoms with E-state index in [0.29, 0.717) is 39.9 Å². The molecule has 6 nitrogen and oxygen atoms in total. The SMILES string of the molecule is CCCCCOc1ccc(/C(O)=C2\C(=O)C(=O)N(c3cccc(Cl)c3C)C2c2ccccn2)cc1. The molecule has 0 spiro atoms. The van der Waals surface area contributed by atoms with Crippen molar-refractivity contribution < 1.29 is 19.4 Å². The van der Waals surface area contributed by atoms with E-state index in [0.717, 1.165) is 19.3 Å². The van der Waals surface area contributed by atoms with Gasteiger partial charge in [0.05, 0.1) is 17.9 Å². The number of aliphatic hydroxyl groups is 1. The van der Waals surface area contributed by atoms with Crippen LogP contribution in [0.5, 0.6) is 5.75 Å². The van der Waals surface area contributed by atoms with E-state index >= 15 is 0 Å². The number of aromatic nitrogens is 1. The highest BCUT2D eigenvalue weighted by molar-refractivity contribution is 6.52. The summed E-state index contributed by atoms with van der Waals surface area (Å²) >= 11 is 6.32. The normalized spacial score (nSPS) is 17.1. The molecule has 0 aliphatic carbocycles. The third-order valence-electron chi connectivity index (χ3n) is 6.06. The zero-order valence-corrected chi connectivity index (χ0v) is 20.5. The summed E-state index contributed by atoms with van der Waals surface area (Å²) in [6.07, 6.45) is 4.76. The number of carbonyl (C=O) groups excluding carboxylic acids is 2. The van der Waals surface area contributed by atoms with Crippen molar-refractivity contribution in [3.8, 4) is 5.75 Å². The Balaban J connectivity index is 1.77. The molecular formula is C28H27ClN2O4. The van der Waals surface area contributed by atoms with Gasteiger partial charge < -0.3 is 9.84 Å². The monoisotopic (exact) mass is 490 g/mol. The Hall–Kier alpha value is -3.64. The standard InChI is InChI=1S/C28H27ClN2O4/c1-3-4-7-17-35-20-14-12-19(13-15-20)26(32)24-25(22-10-5-6-16-30-22)31(28(34)27(24)33)23-11-8-9-21(29)18(23)2/h5-6,8-16,25,32H,3-4,7,17H2,1-2H3/b26-24+. The fourth-order valence-electron chi connectivity index (χ4n) is 4.16. The lowest BCUT2D eigenvalue weighted by molar-refractivity contribution is -0.132. The topological polar surface area (TPSA) is 79.7 Å². The Bertz CT molecular complexity index is 1260. The number of Topliss-reactive ketones (excluding diaryl/α,β-unsaturated/α-hetero) is 1. The fourth-order valence-corrected chi connectivity index (χ4v) is 4.33. The molecule has 1 amide bonds. The number of amides is 1. The van der Waals surface area contributed by atoms with Gasteiger partial charge in [-0.25, -0.2) is 0 Å². The van der Waals surface area contributed by atoms with Crippen LogP contribution in [0.1, 0.15) is 49.0 Å². The van der Waals surface area contributed by atoms with Gasteiger partial charge in [-0.1, -0.05) is 43.5 Å². The van der Waals surface area contributed by atoms with Crippen molar-refractivity contribution in [3.05, 3.63) is 94.3 Å². The van der Waals surface area contributed by atoms with Crippen molar-refractivity contribution in [1.82, 2.24) is 4.98 Å². The molecule has 1 aromatic heterocycles. The first kappa shape index (κ1) is 24.5. The Labute approximate surface area is 209 Å². The van der Waals surface area contributed by atoms with Gasteiger partial charge in [0.25, 0.3) is 11.7 Å². The number of pyridine rings is 1. The van der Waals surface area contributed by atoms with E-state index in [1.165, 1.54) is 4.90 Å². The maximum atomic E-state index is 13.3. The molecule has 4 rings (SSSR count). The van der Waals surface area contributed by atoms with Crippen LogP contribution in [0.4, 0.5) is 5.69 Å². The molecule has 2 heterocycles. The van der Waals surface area contributed by atoms with Crippen LogP contribution in [0.3, 0.4) is 0 Å². The minimum absolute atomic E-state index is 0.0234. The van der Waals surface area contributed by atoms with Crippen LogP contribution in [0, 0.1) is 6.92 Å². The van der Waals surface area contributed by atoms with Gasteiger partial charge in [0.1, 0.15) is 17.6 Å². The van der Waals surface area contributed by atoms with E-state index in [4.69, 9.17) is 16.3 Å². The van der Waals surface area contributed by atoms with Gasteiger partial charge in [-0.2, -0.15) is 0 Å². The Morgan fingerprint density at radius 2 is 1.83 bits per heavy atom. The summed E-state index contributed by atoms with van der Waals surface area (Å²) in [6, 6.07) is 16.4. The lowest BCUT2D eigenvalue weighted by Crippen LogP contribution is -2.30. The molecule has 1 aliphatic rings. The summed E-state index contributed by atoms with van der Waals surface area (Å²) < 4.78 is 5.75. The van der Waals surface area contributed by atoms with Gasteiger partial charge in [-0.05, 0) is 67.4 Å². The summed E-state index contributed by atoms with van der Waals surface area (Å²) in [5, 5.41) is 11.7. The first-order valence-electron chi connectivity index (χ1n) is 11.6. The number of unbranched alkanes of at least 4 members (excludes halogenated alkanes) is 2. The van der Waals surface area contributed by atoms with Crippen LogP contribution >= 0.6 is 11.6 Å². The molecular weight excluding hydrogens is 464 g/mol. The van der Waals surface area contributed by atoms with Crippen molar-refractivity contribution in [2.45, 2.75) is 39.2 Å². The van der Waals surface area contributed by atoms with Crippen LogP contribution in [0.2, 0.25) is 5.02 Å². The molecule has 180 valence electrons. The van der Waals surface area contributed by atoms with E-state index in [1.807, 2.05) is 0 Å². The van der Waals surface area contributed by atoms with Gasteiger partial charge in [-0.15, -0.1) is 0 Å². The molecule has 1 atom stereocenters. The van der Waals surface area contributed by atoms with Gasteiger partial charge in [0, 0.05) is 22.5 Å². The van der Waals surface area contributed by atoms with E-state index in [-0.39, 0.29) is 11.3 Å². The molecule has 1 fully saturated rings. The van der Waals surface area contributed by atoms with Crippen molar-refractivity contribution in [3.63, 3.8) is 0 Å². The molecule has 1 unspecified atom stereocenters. The second-order valence-corrected chi connectivity index (χ2v) is 8.79. The number of rotatable bonds is 8. The van der Waals surface area contributed by atoms with Crippen molar-refractivity contribution in [2.75, 3.05) is 11.5 Å². The molecule has 0 saturated carbocycles. The average molecular weight is 491 g/mol. The molecule has 2 aromatic carbocycles. The Kier molecular flexibility index (Phi) is 7.51. The first-order valence-corrected chi connectivity index (χ1v) is 12.0. The predicted molar refractivity (Wildman–Crippen MR) is 137 cm³/mol. The average Bonchev–Trinajstić information content (AvgIpc) is 3.14. The van der Waals surface area contributed by atoms with E-state index in [1.54, 1.807) is 73.8 Å². The zero-order chi connectivity index (χ0) is 24.9. The summed E-state index contributed by atoms with van der Waals surface area (Å²) in [7, 11) is 0. The van der Waals surface area contributed by atoms with Gasteiger partial charge in [0.15, 0.2) is 0 Å². The largest absolute Gasteiger partial charge is 0.507 e. The number of nitrogens with zero attached hydrogens (tertiary/aromatic N) is 2. The smallest absolute Gasteiger partial charge is 0.300 e. The second-order valence-electron chi connectivity index (χ2n) is 8.39. The third kappa shape index (κ3) is 4.93. The van der Waals surface area contributed by atoms with Crippen LogP contribution in [-0.4, -0.2) is 28.4 Å². The summed E-state index contributed by atoms with van der Waals surface area (Å²) in [4.78, 5) is 32.3. The molecule has 0 radical (unpaired) electrons. The highest BCUT2D eigenvalue weighted by Crippen LogP contribution is 2.43. The summed E-state index contributed by atoms with van der Waals surface area (Å²) in [5.41, 5.74) is 1.99. The van der Waals surface area contributed by atoms with Crippen LogP contribution < -0.4 is 9.64 Å². The molecule has 1 aliphatic heterocycles. The molecule has 3 aromatic rings. The van der Waals surface area contributed by atoms with Crippen molar-refractivity contribution in [1.29, 1.82) is 0 Å². The van der Waals surface area contributed by atoms with Crippen LogP contribution in [0.25, 0.3) is 5.76 Å². The zero-order valence-electron chi connectivity index (χ0n) is 19.7. The second kappa shape index (κ2) is 10.7. The molecule has 1 N–H and O–H groups in total. The van der Waals surface area contributed by atoms with Gasteiger partial charge in [-0.3, -0.25) is 19.5 Å². The summed E-state index contributed by atoms with van der Waals surface area (Å²) in [6.45, 7) is 4.53. The number of halogens is 1. The molecule has 7 heteroatoms. The molecule has 0 bridgehead atoms. The Morgan fingerprint density at radius 3 is 2.51 bits per heavy atom. The van der Waals surface area contributed by atoms with Crippen LogP contribution in [0.15, 0.2) is 72.4 Å². The lowest BCUT2D eigenvalue weighted by atomic mass is 9.98. The Morgan fingerprint density at radius 1 is 1.06 bits per heavy atom. The number of hydrogen-bond donors (Lipinski definition) is 1. The van der Waals surface area contributed by atoms with Crippen molar-refractivity contribution in [2.24, 2.45) is 0 Å². The van der Waals surface area contributed by atoms with Crippen molar-refractivity contribution >= 4 is 34.7 Å². The number of ketones is 1. The minimum Gasteiger partial charge on any atom is -0.507 e. The number of ether oxygens (including phenoxy) is 1. The van der Waals surface area contributed by atoms with E-state index < -0.39 is 17.7 Å². The predicted octanol–water partition coefficient (Wildman–Crippen LogP) is 6.24. The summed E-state index contributed by atoms with van der Waals surface area (Å²) in [5.74, 6) is -1.12. The number of hydrogen-bond acceptors (Lipinski definition) is 5. The molecule has 1 saturated heterocycles. The van der Waals surface area contributed by atoms with E-state index in [2.05, 4.69) is 11.9 Å². The number of anilines is 1. The lowest BCUT2D eigenvalue weighted by Gasteiger charge is -2.26. The maximum absolute atomic E-state index is 13.3. The third-order valence-corrected chi connectivity index (χ3v) is 6.46. The first-order chi connectivity index (χ1) is 16.9. The minimum atomic E-state index is -0.904. The maximum Gasteiger partial charge on any atom is 0.300 e. The van der Waals surface area contributed by atoms with Crippen LogP contribution in [-0.2, 0) is 9.59 Å².